The van der Waals surface area contributed by atoms with Gasteiger partial charge in [0, 0.05) is 42.0 Å². The maximum absolute atomic E-state index is 13.5. The highest BCUT2D eigenvalue weighted by atomic mass is 16.1. The zero-order valence-corrected chi connectivity index (χ0v) is 19.4. The van der Waals surface area contributed by atoms with E-state index in [-0.39, 0.29) is 11.4 Å². The number of likely N-dealkylation sites (tertiary alicyclic amines) is 1. The number of aromatic nitrogens is 1. The van der Waals surface area contributed by atoms with Crippen molar-refractivity contribution in [2.24, 2.45) is 0 Å². The third kappa shape index (κ3) is 3.78. The molecule has 2 aliphatic heterocycles. The maximum atomic E-state index is 13.5. The molecule has 0 radical (unpaired) electrons. The van der Waals surface area contributed by atoms with Crippen LogP contribution in [0.4, 0.5) is 5.69 Å². The Hall–Kier alpha value is -2.92. The first-order valence-electron chi connectivity index (χ1n) is 12.4. The molecule has 1 atom stereocenters. The van der Waals surface area contributed by atoms with Crippen molar-refractivity contribution < 1.29 is 4.79 Å². The van der Waals surface area contributed by atoms with Crippen LogP contribution in [0.5, 0.6) is 0 Å². The summed E-state index contributed by atoms with van der Waals surface area (Å²) < 4.78 is 0. The van der Waals surface area contributed by atoms with Gasteiger partial charge in [0.15, 0.2) is 0 Å². The van der Waals surface area contributed by atoms with Crippen molar-refractivity contribution in [2.45, 2.75) is 50.6 Å². The summed E-state index contributed by atoms with van der Waals surface area (Å²) in [5.41, 5.74) is 4.88. The summed E-state index contributed by atoms with van der Waals surface area (Å²) in [6, 6.07) is 17.3. The van der Waals surface area contributed by atoms with Crippen LogP contribution < -0.4 is 10.2 Å². The zero-order chi connectivity index (χ0) is 22.4. The summed E-state index contributed by atoms with van der Waals surface area (Å²) in [6.45, 7) is 6.66. The van der Waals surface area contributed by atoms with Crippen molar-refractivity contribution in [1.82, 2.24) is 15.2 Å². The Kier molecular flexibility index (Phi) is 5.10. The number of nitrogens with one attached hydrogen (secondary N) is 1. The summed E-state index contributed by atoms with van der Waals surface area (Å²) in [4.78, 5) is 23.1. The highest BCUT2D eigenvalue weighted by Crippen LogP contribution is 2.48. The first-order valence-corrected chi connectivity index (χ1v) is 12.4. The predicted octanol–water partition coefficient (Wildman–Crippen LogP) is 4.64. The number of aryl methyl sites for hydroxylation is 1. The van der Waals surface area contributed by atoms with Gasteiger partial charge in [-0.1, -0.05) is 24.3 Å². The molecule has 2 aromatic carbocycles. The minimum atomic E-state index is -0.281. The SMILES string of the molecule is Cc1ccc(N2CCC(N3CCCC3)C2)cc1C(=O)NC1(c2ccnc3ccccc23)CC1. The molecule has 3 aromatic rings. The highest BCUT2D eigenvalue weighted by molar-refractivity contribution is 5.98. The third-order valence-corrected chi connectivity index (χ3v) is 7.92. The lowest BCUT2D eigenvalue weighted by molar-refractivity contribution is 0.0930. The summed E-state index contributed by atoms with van der Waals surface area (Å²) >= 11 is 0. The molecule has 5 heteroatoms. The minimum absolute atomic E-state index is 0.0306. The van der Waals surface area contributed by atoms with Crippen LogP contribution in [0.15, 0.2) is 54.7 Å². The number of hydrogen-bond acceptors (Lipinski definition) is 4. The molecule has 1 aromatic heterocycles. The molecule has 1 amide bonds. The van der Waals surface area contributed by atoms with Gasteiger partial charge in [0.1, 0.15) is 0 Å². The van der Waals surface area contributed by atoms with Gasteiger partial charge in [-0.15, -0.1) is 0 Å². The molecular weight excluding hydrogens is 408 g/mol. The highest BCUT2D eigenvalue weighted by Gasteiger charge is 2.47. The molecule has 1 N–H and O–H groups in total. The molecule has 5 nitrogen and oxygen atoms in total. The molecule has 170 valence electrons. The summed E-state index contributed by atoms with van der Waals surface area (Å²) in [6.07, 6.45) is 7.68. The van der Waals surface area contributed by atoms with E-state index in [4.69, 9.17) is 0 Å². The van der Waals surface area contributed by atoms with Crippen LogP contribution in [-0.2, 0) is 5.54 Å². The van der Waals surface area contributed by atoms with Crippen LogP contribution in [0.2, 0.25) is 0 Å². The molecule has 0 spiro atoms. The van der Waals surface area contributed by atoms with Gasteiger partial charge >= 0.3 is 0 Å². The number of rotatable bonds is 5. The number of pyridine rings is 1. The topological polar surface area (TPSA) is 48.5 Å². The van der Waals surface area contributed by atoms with E-state index in [1.54, 1.807) is 0 Å². The van der Waals surface area contributed by atoms with E-state index in [0.717, 1.165) is 48.0 Å². The Morgan fingerprint density at radius 1 is 1.06 bits per heavy atom. The lowest BCUT2D eigenvalue weighted by atomic mass is 9.99. The van der Waals surface area contributed by atoms with E-state index in [9.17, 15) is 4.79 Å². The predicted molar refractivity (Wildman–Crippen MR) is 133 cm³/mol. The molecule has 3 heterocycles. The Labute approximate surface area is 195 Å². The van der Waals surface area contributed by atoms with Gasteiger partial charge in [-0.25, -0.2) is 0 Å². The van der Waals surface area contributed by atoms with Crippen LogP contribution in [0.3, 0.4) is 0 Å². The Balaban J connectivity index is 1.23. The first kappa shape index (κ1) is 20.7. The standard InChI is InChI=1S/C28H32N4O/c1-20-8-9-21(32-17-11-22(19-32)31-15-4-5-16-31)18-24(20)27(33)30-28(12-13-28)25-10-14-29-26-7-3-2-6-23(25)26/h2-3,6-10,14,18,22H,4-5,11-13,15-17,19H2,1H3,(H,30,33). The van der Waals surface area contributed by atoms with Gasteiger partial charge in [-0.05, 0) is 87.5 Å². The summed E-state index contributed by atoms with van der Waals surface area (Å²) in [7, 11) is 0. The number of fused-ring (bicyclic) bond motifs is 1. The lowest BCUT2D eigenvalue weighted by Gasteiger charge is -2.25. The molecule has 1 saturated carbocycles. The Morgan fingerprint density at radius 2 is 1.88 bits per heavy atom. The number of amides is 1. The molecule has 33 heavy (non-hydrogen) atoms. The molecule has 1 unspecified atom stereocenters. The fourth-order valence-electron chi connectivity index (χ4n) is 5.82. The largest absolute Gasteiger partial charge is 0.370 e. The zero-order valence-electron chi connectivity index (χ0n) is 19.4. The van der Waals surface area contributed by atoms with Crippen molar-refractivity contribution in [3.05, 3.63) is 71.4 Å². The van der Waals surface area contributed by atoms with E-state index in [1.807, 2.05) is 31.3 Å². The minimum Gasteiger partial charge on any atom is -0.370 e. The van der Waals surface area contributed by atoms with E-state index in [1.165, 1.54) is 43.6 Å². The lowest BCUT2D eigenvalue weighted by Crippen LogP contribution is -2.36. The van der Waals surface area contributed by atoms with Gasteiger partial charge in [-0.3, -0.25) is 14.7 Å². The molecule has 3 aliphatic rings. The van der Waals surface area contributed by atoms with Gasteiger partial charge in [0.25, 0.3) is 5.91 Å². The number of hydrogen-bond donors (Lipinski definition) is 1. The second-order valence-corrected chi connectivity index (χ2v) is 10.0. The average Bonchev–Trinajstić information content (AvgIpc) is 3.22. The number of anilines is 1. The maximum Gasteiger partial charge on any atom is 0.252 e. The fraction of sp³-hybridized carbons (Fsp3) is 0.429. The van der Waals surface area contributed by atoms with E-state index >= 15 is 0 Å². The van der Waals surface area contributed by atoms with Crippen LogP contribution >= 0.6 is 0 Å². The van der Waals surface area contributed by atoms with E-state index in [2.05, 4.69) is 50.4 Å². The van der Waals surface area contributed by atoms with Crippen molar-refractivity contribution >= 4 is 22.5 Å². The second-order valence-electron chi connectivity index (χ2n) is 10.0. The number of carbonyl (C=O) groups is 1. The van der Waals surface area contributed by atoms with Gasteiger partial charge in [0.05, 0.1) is 11.1 Å². The quantitative estimate of drug-likeness (QED) is 0.628. The van der Waals surface area contributed by atoms with E-state index < -0.39 is 0 Å². The Morgan fingerprint density at radius 3 is 2.70 bits per heavy atom. The van der Waals surface area contributed by atoms with Crippen molar-refractivity contribution in [2.75, 3.05) is 31.1 Å². The molecular formula is C28H32N4O. The molecule has 2 saturated heterocycles. The van der Waals surface area contributed by atoms with Gasteiger partial charge in [-0.2, -0.15) is 0 Å². The normalized spacial score (nSPS) is 22.1. The smallest absolute Gasteiger partial charge is 0.252 e. The van der Waals surface area contributed by atoms with Crippen molar-refractivity contribution in [3.63, 3.8) is 0 Å². The number of para-hydroxylation sites is 1. The van der Waals surface area contributed by atoms with Gasteiger partial charge < -0.3 is 10.2 Å². The molecule has 1 aliphatic carbocycles. The van der Waals surface area contributed by atoms with Crippen molar-refractivity contribution in [1.29, 1.82) is 0 Å². The fourth-order valence-corrected chi connectivity index (χ4v) is 5.82. The summed E-state index contributed by atoms with van der Waals surface area (Å²) in [5.74, 6) is 0.0306. The van der Waals surface area contributed by atoms with Crippen LogP contribution in [0.1, 0.15) is 53.6 Å². The second kappa shape index (κ2) is 8.14. The van der Waals surface area contributed by atoms with E-state index in [0.29, 0.717) is 6.04 Å². The summed E-state index contributed by atoms with van der Waals surface area (Å²) in [5, 5.41) is 4.54. The number of benzene rings is 2. The van der Waals surface area contributed by atoms with Gasteiger partial charge in [0.2, 0.25) is 0 Å². The Bertz CT molecular complexity index is 1190. The van der Waals surface area contributed by atoms with Crippen LogP contribution in [0, 0.1) is 6.92 Å². The van der Waals surface area contributed by atoms with Crippen LogP contribution in [-0.4, -0.2) is 48.0 Å². The average molecular weight is 441 g/mol. The molecule has 6 rings (SSSR count). The number of nitrogens with zero attached hydrogens (tertiary/aromatic N) is 3. The first-order chi connectivity index (χ1) is 16.1. The van der Waals surface area contributed by atoms with Crippen molar-refractivity contribution in [3.8, 4) is 0 Å². The third-order valence-electron chi connectivity index (χ3n) is 7.92. The van der Waals surface area contributed by atoms with Crippen LogP contribution in [0.25, 0.3) is 10.9 Å². The monoisotopic (exact) mass is 440 g/mol. The number of carbonyl (C=O) groups excluding carboxylic acids is 1. The molecule has 0 bridgehead atoms. The molecule has 3 fully saturated rings.